The second kappa shape index (κ2) is 7.79. The molecular weight excluding hydrogens is 308 g/mol. The van der Waals surface area contributed by atoms with Crippen molar-refractivity contribution in [3.8, 4) is 11.8 Å². The Morgan fingerprint density at radius 2 is 1.92 bits per heavy atom. The van der Waals surface area contributed by atoms with Crippen LogP contribution in [0.3, 0.4) is 0 Å². The first-order valence-electron chi connectivity index (χ1n) is 7.23. The monoisotopic (exact) mass is 324 g/mol. The summed E-state index contributed by atoms with van der Waals surface area (Å²) in [5, 5.41) is 18.0. The Hall–Kier alpha value is -3.33. The second-order valence-electron chi connectivity index (χ2n) is 5.12. The summed E-state index contributed by atoms with van der Waals surface area (Å²) >= 11 is 0. The molecule has 2 aromatic rings. The van der Waals surface area contributed by atoms with Crippen molar-refractivity contribution >= 4 is 17.6 Å². The average molecular weight is 324 g/mol. The minimum atomic E-state index is -1.11. The van der Waals surface area contributed by atoms with E-state index in [1.165, 1.54) is 6.07 Å². The third-order valence-corrected chi connectivity index (χ3v) is 3.45. The van der Waals surface area contributed by atoms with Gasteiger partial charge in [0.05, 0.1) is 18.1 Å². The number of benzene rings is 2. The number of ether oxygens (including phenoxy) is 1. The van der Waals surface area contributed by atoms with Crippen LogP contribution < -0.4 is 9.64 Å². The molecule has 2 rings (SSSR count). The number of carboxylic acid groups (broad SMARTS) is 1. The van der Waals surface area contributed by atoms with Crippen molar-refractivity contribution in [2.75, 3.05) is 11.9 Å². The first-order chi connectivity index (χ1) is 11.5. The predicted octanol–water partition coefficient (Wildman–Crippen LogP) is 2.44. The zero-order valence-corrected chi connectivity index (χ0v) is 13.0. The van der Waals surface area contributed by atoms with Crippen LogP contribution in [0.2, 0.25) is 0 Å². The molecule has 1 atom stereocenters. The molecule has 0 amide bonds. The molecule has 122 valence electrons. The molecule has 0 aromatic heterocycles. The molecule has 0 radical (unpaired) electrons. The summed E-state index contributed by atoms with van der Waals surface area (Å²) in [5.74, 6) is -1.60. The van der Waals surface area contributed by atoms with Gasteiger partial charge in [-0.2, -0.15) is 5.26 Å². The molecule has 0 aliphatic heterocycles. The largest absolute Gasteiger partial charge is 0.481 e. The summed E-state index contributed by atoms with van der Waals surface area (Å²) in [5.41, 5.74) is 1.05. The fraction of sp³-hybridized carbons (Fsp3) is 0.167. The normalized spacial score (nSPS) is 11.2. The van der Waals surface area contributed by atoms with Crippen molar-refractivity contribution in [3.63, 3.8) is 0 Å². The van der Waals surface area contributed by atoms with Gasteiger partial charge < -0.3 is 14.7 Å². The van der Waals surface area contributed by atoms with Crippen molar-refractivity contribution in [1.82, 2.24) is 0 Å². The van der Waals surface area contributed by atoms with Crippen LogP contribution in [0.1, 0.15) is 12.0 Å². The lowest BCUT2D eigenvalue weighted by atomic mass is 10.1. The van der Waals surface area contributed by atoms with E-state index in [4.69, 9.17) is 15.1 Å². The number of hydrogen-bond acceptors (Lipinski definition) is 5. The maximum atomic E-state index is 12.5. The standard InChI is InChI=1S/C18H16N2O4/c1-20(14-7-3-2-4-8-14)16(11-17(21)22)18(23)24-15-9-5-6-13(10-15)12-19/h2-10,16H,11H2,1H3,(H,21,22). The molecule has 0 heterocycles. The fourth-order valence-corrected chi connectivity index (χ4v) is 2.20. The maximum Gasteiger partial charge on any atom is 0.334 e. The zero-order valence-electron chi connectivity index (χ0n) is 13.0. The van der Waals surface area contributed by atoms with Crippen LogP contribution in [-0.4, -0.2) is 30.1 Å². The molecule has 0 spiro atoms. The lowest BCUT2D eigenvalue weighted by molar-refractivity contribution is -0.143. The Bertz CT molecular complexity index is 768. The molecule has 0 fully saturated rings. The third kappa shape index (κ3) is 4.34. The molecule has 0 aliphatic carbocycles. The van der Waals surface area contributed by atoms with Gasteiger partial charge in [0, 0.05) is 12.7 Å². The van der Waals surface area contributed by atoms with Crippen molar-refractivity contribution in [2.24, 2.45) is 0 Å². The predicted molar refractivity (Wildman–Crippen MR) is 87.7 cm³/mol. The van der Waals surface area contributed by atoms with Crippen LogP contribution in [0, 0.1) is 11.3 Å². The summed E-state index contributed by atoms with van der Waals surface area (Å²) < 4.78 is 5.27. The van der Waals surface area contributed by atoms with Crippen molar-refractivity contribution in [2.45, 2.75) is 12.5 Å². The van der Waals surface area contributed by atoms with Crippen LogP contribution in [-0.2, 0) is 9.59 Å². The highest BCUT2D eigenvalue weighted by molar-refractivity contribution is 5.86. The van der Waals surface area contributed by atoms with Crippen LogP contribution in [0.25, 0.3) is 0 Å². The van der Waals surface area contributed by atoms with Crippen LogP contribution in [0.4, 0.5) is 5.69 Å². The smallest absolute Gasteiger partial charge is 0.334 e. The molecule has 0 aliphatic rings. The van der Waals surface area contributed by atoms with Gasteiger partial charge in [-0.25, -0.2) is 4.79 Å². The van der Waals surface area contributed by atoms with E-state index in [2.05, 4.69) is 0 Å². The number of para-hydroxylation sites is 1. The van der Waals surface area contributed by atoms with Gasteiger partial charge in [-0.15, -0.1) is 0 Å². The van der Waals surface area contributed by atoms with Crippen LogP contribution in [0.15, 0.2) is 54.6 Å². The van der Waals surface area contributed by atoms with Gasteiger partial charge in [-0.05, 0) is 30.3 Å². The number of carboxylic acids is 1. The fourth-order valence-electron chi connectivity index (χ4n) is 2.20. The van der Waals surface area contributed by atoms with Gasteiger partial charge in [-0.3, -0.25) is 4.79 Å². The van der Waals surface area contributed by atoms with E-state index in [0.29, 0.717) is 11.3 Å². The van der Waals surface area contributed by atoms with Gasteiger partial charge in [0.25, 0.3) is 0 Å². The Balaban J connectivity index is 2.22. The summed E-state index contributed by atoms with van der Waals surface area (Å²) in [6, 6.07) is 16.1. The average Bonchev–Trinajstić information content (AvgIpc) is 2.59. The van der Waals surface area contributed by atoms with E-state index in [-0.39, 0.29) is 5.75 Å². The first kappa shape index (κ1) is 17.0. The molecule has 2 aromatic carbocycles. The van der Waals surface area contributed by atoms with Crippen molar-refractivity contribution in [1.29, 1.82) is 5.26 Å². The van der Waals surface area contributed by atoms with Crippen LogP contribution >= 0.6 is 0 Å². The van der Waals surface area contributed by atoms with E-state index in [0.717, 1.165) is 0 Å². The number of likely N-dealkylation sites (N-methyl/N-ethyl adjacent to an activating group) is 1. The van der Waals surface area contributed by atoms with E-state index in [9.17, 15) is 9.59 Å². The summed E-state index contributed by atoms with van der Waals surface area (Å²) in [4.78, 5) is 25.1. The Labute approximate surface area is 139 Å². The zero-order chi connectivity index (χ0) is 17.5. The summed E-state index contributed by atoms with van der Waals surface area (Å²) in [7, 11) is 1.63. The first-order valence-corrected chi connectivity index (χ1v) is 7.23. The minimum Gasteiger partial charge on any atom is -0.481 e. The lowest BCUT2D eigenvalue weighted by Crippen LogP contribution is -2.42. The molecule has 0 saturated carbocycles. The minimum absolute atomic E-state index is 0.205. The molecule has 1 N–H and O–H groups in total. The molecule has 1 unspecified atom stereocenters. The second-order valence-corrected chi connectivity index (χ2v) is 5.12. The topological polar surface area (TPSA) is 90.6 Å². The number of rotatable bonds is 6. The molecular formula is C18H16N2O4. The third-order valence-electron chi connectivity index (χ3n) is 3.45. The van der Waals surface area contributed by atoms with E-state index < -0.39 is 24.4 Å². The number of aliphatic carboxylic acids is 1. The maximum absolute atomic E-state index is 12.5. The summed E-state index contributed by atoms with van der Waals surface area (Å²) in [6.07, 6.45) is -0.401. The van der Waals surface area contributed by atoms with Crippen LogP contribution in [0.5, 0.6) is 5.75 Å². The number of carbonyl (C=O) groups is 2. The Morgan fingerprint density at radius 1 is 1.21 bits per heavy atom. The molecule has 6 nitrogen and oxygen atoms in total. The summed E-state index contributed by atoms with van der Waals surface area (Å²) in [6.45, 7) is 0. The van der Waals surface area contributed by atoms with Crippen molar-refractivity contribution in [3.05, 3.63) is 60.2 Å². The Morgan fingerprint density at radius 3 is 2.54 bits per heavy atom. The molecule has 0 saturated heterocycles. The van der Waals surface area contributed by atoms with E-state index in [1.54, 1.807) is 54.4 Å². The van der Waals surface area contributed by atoms with Gasteiger partial charge in [0.1, 0.15) is 11.8 Å². The van der Waals surface area contributed by atoms with Crippen molar-refractivity contribution < 1.29 is 19.4 Å². The highest BCUT2D eigenvalue weighted by Gasteiger charge is 2.28. The molecule has 0 bridgehead atoms. The van der Waals surface area contributed by atoms with Gasteiger partial charge in [-0.1, -0.05) is 24.3 Å². The Kier molecular flexibility index (Phi) is 5.53. The number of anilines is 1. The van der Waals surface area contributed by atoms with E-state index >= 15 is 0 Å². The highest BCUT2D eigenvalue weighted by Crippen LogP contribution is 2.19. The quantitative estimate of drug-likeness (QED) is 0.648. The number of nitrogens with zero attached hydrogens (tertiary/aromatic N) is 2. The van der Waals surface area contributed by atoms with E-state index in [1.807, 2.05) is 12.1 Å². The van der Waals surface area contributed by atoms with Gasteiger partial charge in [0.15, 0.2) is 0 Å². The lowest BCUT2D eigenvalue weighted by Gasteiger charge is -2.27. The van der Waals surface area contributed by atoms with Gasteiger partial charge in [0.2, 0.25) is 0 Å². The van der Waals surface area contributed by atoms with Gasteiger partial charge >= 0.3 is 11.9 Å². The SMILES string of the molecule is CN(c1ccccc1)C(CC(=O)O)C(=O)Oc1cccc(C#N)c1. The highest BCUT2D eigenvalue weighted by atomic mass is 16.5. The number of carbonyl (C=O) groups excluding carboxylic acids is 1. The number of hydrogen-bond donors (Lipinski definition) is 1. The number of esters is 1. The molecule has 24 heavy (non-hydrogen) atoms. The molecule has 6 heteroatoms. The number of nitriles is 1.